The van der Waals surface area contributed by atoms with Crippen molar-refractivity contribution in [2.75, 3.05) is 61.3 Å². The molecule has 1 aliphatic rings. The summed E-state index contributed by atoms with van der Waals surface area (Å²) in [7, 11) is 3.30. The van der Waals surface area contributed by atoms with E-state index in [2.05, 4.69) is 31.2 Å². The van der Waals surface area contributed by atoms with Gasteiger partial charge in [-0.3, -0.25) is 4.79 Å². The Kier molecular flexibility index (Phi) is 7.51. The lowest BCUT2D eigenvalue weighted by atomic mass is 10.2. The molecule has 4 rings (SSSR count). The summed E-state index contributed by atoms with van der Waals surface area (Å²) in [6, 6.07) is 15.4. The first kappa shape index (κ1) is 22.7. The van der Waals surface area contributed by atoms with E-state index in [9.17, 15) is 4.79 Å². The maximum absolute atomic E-state index is 12.5. The van der Waals surface area contributed by atoms with Gasteiger partial charge >= 0.3 is 0 Å². The van der Waals surface area contributed by atoms with Gasteiger partial charge in [0.2, 0.25) is 5.91 Å². The number of hydrogen-bond acceptors (Lipinski definition) is 8. The number of carbonyl (C=O) groups is 1. The zero-order valence-electron chi connectivity index (χ0n) is 18.7. The normalized spacial score (nSPS) is 13.5. The van der Waals surface area contributed by atoms with Crippen LogP contribution < -0.4 is 24.6 Å². The topological polar surface area (TPSA) is 79.8 Å². The van der Waals surface area contributed by atoms with Crippen molar-refractivity contribution in [3.8, 4) is 11.5 Å². The summed E-state index contributed by atoms with van der Waals surface area (Å²) in [5.74, 6) is 2.53. The first-order valence-electron chi connectivity index (χ1n) is 10.7. The van der Waals surface area contributed by atoms with Gasteiger partial charge in [-0.2, -0.15) is 0 Å². The van der Waals surface area contributed by atoms with Gasteiger partial charge in [0.15, 0.2) is 5.82 Å². The van der Waals surface area contributed by atoms with E-state index in [1.807, 2.05) is 36.4 Å². The number of aromatic nitrogens is 2. The van der Waals surface area contributed by atoms with E-state index in [0.29, 0.717) is 11.4 Å². The van der Waals surface area contributed by atoms with Crippen molar-refractivity contribution in [1.29, 1.82) is 0 Å². The second kappa shape index (κ2) is 10.9. The van der Waals surface area contributed by atoms with Crippen LogP contribution in [0.15, 0.2) is 66.0 Å². The molecule has 3 aromatic rings. The van der Waals surface area contributed by atoms with E-state index in [4.69, 9.17) is 9.47 Å². The predicted molar refractivity (Wildman–Crippen MR) is 132 cm³/mol. The van der Waals surface area contributed by atoms with E-state index in [1.165, 1.54) is 11.8 Å². The highest BCUT2D eigenvalue weighted by atomic mass is 32.2. The standard InChI is InChI=1S/C24H27N5O3S/c1-31-19-7-5-6-18(16-19)27-22(30)17-33-24-23(25-10-11-26-24)29-14-12-28(13-15-29)20-8-3-4-9-21(20)32-2/h3-11,16H,12-15,17H2,1-2H3,(H,27,30). The van der Waals surface area contributed by atoms with Crippen molar-refractivity contribution < 1.29 is 14.3 Å². The minimum absolute atomic E-state index is 0.106. The fourth-order valence-corrected chi connectivity index (χ4v) is 4.50. The molecule has 8 nitrogen and oxygen atoms in total. The molecule has 172 valence electrons. The second-order valence-electron chi connectivity index (χ2n) is 7.40. The molecule has 0 aliphatic carbocycles. The van der Waals surface area contributed by atoms with E-state index < -0.39 is 0 Å². The van der Waals surface area contributed by atoms with Gasteiger partial charge in [0.1, 0.15) is 16.5 Å². The Bertz CT molecular complexity index is 1090. The van der Waals surface area contributed by atoms with Crippen LogP contribution in [0.2, 0.25) is 0 Å². The Labute approximate surface area is 197 Å². The van der Waals surface area contributed by atoms with Crippen LogP contribution in [0, 0.1) is 0 Å². The molecule has 1 amide bonds. The van der Waals surface area contributed by atoms with Crippen LogP contribution in [-0.2, 0) is 4.79 Å². The summed E-state index contributed by atoms with van der Waals surface area (Å²) in [6.45, 7) is 3.30. The minimum Gasteiger partial charge on any atom is -0.497 e. The van der Waals surface area contributed by atoms with Crippen molar-refractivity contribution in [3.05, 3.63) is 60.9 Å². The minimum atomic E-state index is -0.106. The number of amides is 1. The number of methoxy groups -OCH3 is 2. The Morgan fingerprint density at radius 3 is 2.52 bits per heavy atom. The molecule has 0 bridgehead atoms. The van der Waals surface area contributed by atoms with Gasteiger partial charge in [-0.1, -0.05) is 30.0 Å². The molecule has 1 fully saturated rings. The Hall–Kier alpha value is -3.46. The molecule has 33 heavy (non-hydrogen) atoms. The predicted octanol–water partition coefficient (Wildman–Crippen LogP) is 3.55. The second-order valence-corrected chi connectivity index (χ2v) is 8.36. The molecule has 0 radical (unpaired) electrons. The summed E-state index contributed by atoms with van der Waals surface area (Å²) < 4.78 is 10.7. The number of nitrogens with zero attached hydrogens (tertiary/aromatic N) is 4. The number of carbonyl (C=O) groups excluding carboxylic acids is 1. The highest BCUT2D eigenvalue weighted by Crippen LogP contribution is 2.31. The highest BCUT2D eigenvalue weighted by Gasteiger charge is 2.23. The Balaban J connectivity index is 1.36. The number of hydrogen-bond donors (Lipinski definition) is 1. The van der Waals surface area contributed by atoms with Gasteiger partial charge in [0.25, 0.3) is 0 Å². The number of piperazine rings is 1. The number of thioether (sulfide) groups is 1. The Morgan fingerprint density at radius 1 is 0.970 bits per heavy atom. The van der Waals surface area contributed by atoms with E-state index >= 15 is 0 Å². The number of para-hydroxylation sites is 2. The lowest BCUT2D eigenvalue weighted by molar-refractivity contribution is -0.113. The van der Waals surface area contributed by atoms with Gasteiger partial charge < -0.3 is 24.6 Å². The smallest absolute Gasteiger partial charge is 0.234 e. The highest BCUT2D eigenvalue weighted by molar-refractivity contribution is 8.00. The molecule has 0 saturated carbocycles. The fraction of sp³-hybridized carbons (Fsp3) is 0.292. The molecular formula is C24H27N5O3S. The molecule has 1 aliphatic heterocycles. The van der Waals surface area contributed by atoms with E-state index in [1.54, 1.807) is 32.7 Å². The third-order valence-electron chi connectivity index (χ3n) is 5.35. The molecule has 1 aromatic heterocycles. The number of rotatable bonds is 8. The molecule has 1 saturated heterocycles. The Morgan fingerprint density at radius 2 is 1.73 bits per heavy atom. The van der Waals surface area contributed by atoms with Gasteiger partial charge in [0, 0.05) is 50.3 Å². The van der Waals surface area contributed by atoms with Gasteiger partial charge in [-0.05, 0) is 24.3 Å². The van der Waals surface area contributed by atoms with Gasteiger partial charge in [0.05, 0.1) is 25.7 Å². The van der Waals surface area contributed by atoms with E-state index in [-0.39, 0.29) is 11.7 Å². The van der Waals surface area contributed by atoms with Crippen LogP contribution in [0.1, 0.15) is 0 Å². The van der Waals surface area contributed by atoms with Crippen molar-refractivity contribution in [1.82, 2.24) is 9.97 Å². The van der Waals surface area contributed by atoms with Crippen LogP contribution in [0.4, 0.5) is 17.2 Å². The number of anilines is 3. The van der Waals surface area contributed by atoms with E-state index in [0.717, 1.165) is 48.5 Å². The summed E-state index contributed by atoms with van der Waals surface area (Å²) in [6.07, 6.45) is 3.36. The van der Waals surface area contributed by atoms with Crippen LogP contribution >= 0.6 is 11.8 Å². The third-order valence-corrected chi connectivity index (χ3v) is 6.31. The lowest BCUT2D eigenvalue weighted by Crippen LogP contribution is -2.47. The van der Waals surface area contributed by atoms with Crippen LogP contribution in [0.5, 0.6) is 11.5 Å². The van der Waals surface area contributed by atoms with Crippen molar-refractivity contribution in [3.63, 3.8) is 0 Å². The van der Waals surface area contributed by atoms with Gasteiger partial charge in [-0.25, -0.2) is 9.97 Å². The molecular weight excluding hydrogens is 438 g/mol. The molecule has 1 N–H and O–H groups in total. The fourth-order valence-electron chi connectivity index (χ4n) is 3.72. The number of nitrogens with one attached hydrogen (secondary N) is 1. The first-order valence-corrected chi connectivity index (χ1v) is 11.7. The quantitative estimate of drug-likeness (QED) is 0.506. The van der Waals surface area contributed by atoms with Crippen LogP contribution in [0.25, 0.3) is 0 Å². The zero-order valence-corrected chi connectivity index (χ0v) is 19.5. The summed E-state index contributed by atoms with van der Waals surface area (Å²) in [5, 5.41) is 3.65. The average molecular weight is 466 g/mol. The monoisotopic (exact) mass is 465 g/mol. The maximum Gasteiger partial charge on any atom is 0.234 e. The molecule has 0 atom stereocenters. The largest absolute Gasteiger partial charge is 0.497 e. The zero-order chi connectivity index (χ0) is 23.0. The number of ether oxygens (including phenoxy) is 2. The average Bonchev–Trinajstić information content (AvgIpc) is 2.88. The van der Waals surface area contributed by atoms with Crippen LogP contribution in [0.3, 0.4) is 0 Å². The molecule has 2 aromatic carbocycles. The number of benzene rings is 2. The summed E-state index contributed by atoms with van der Waals surface area (Å²) in [4.78, 5) is 26.1. The SMILES string of the molecule is COc1cccc(NC(=O)CSc2nccnc2N2CCN(c3ccccc3OC)CC2)c1. The molecule has 0 spiro atoms. The lowest BCUT2D eigenvalue weighted by Gasteiger charge is -2.37. The molecule has 9 heteroatoms. The van der Waals surface area contributed by atoms with Gasteiger partial charge in [-0.15, -0.1) is 0 Å². The third kappa shape index (κ3) is 5.67. The van der Waals surface area contributed by atoms with Crippen molar-refractivity contribution >= 4 is 34.9 Å². The van der Waals surface area contributed by atoms with Crippen molar-refractivity contribution in [2.24, 2.45) is 0 Å². The van der Waals surface area contributed by atoms with Crippen LogP contribution in [-0.4, -0.2) is 62.0 Å². The van der Waals surface area contributed by atoms with Crippen molar-refractivity contribution in [2.45, 2.75) is 5.03 Å². The maximum atomic E-state index is 12.5. The molecule has 2 heterocycles. The molecule has 0 unspecified atom stereocenters. The summed E-state index contributed by atoms with van der Waals surface area (Å²) >= 11 is 1.39. The first-order chi connectivity index (χ1) is 16.2. The summed E-state index contributed by atoms with van der Waals surface area (Å²) in [5.41, 5.74) is 1.80.